The molecule has 0 radical (unpaired) electrons. The second kappa shape index (κ2) is 4.16. The Labute approximate surface area is 108 Å². The van der Waals surface area contributed by atoms with Gasteiger partial charge in [0, 0.05) is 18.5 Å². The van der Waals surface area contributed by atoms with Crippen LogP contribution in [0.5, 0.6) is 0 Å². The minimum absolute atomic E-state index is 0.625. The van der Waals surface area contributed by atoms with E-state index in [4.69, 9.17) is 10.7 Å². The van der Waals surface area contributed by atoms with Gasteiger partial charge in [0.15, 0.2) is 0 Å². The van der Waals surface area contributed by atoms with E-state index >= 15 is 0 Å². The minimum atomic E-state index is 0.625. The van der Waals surface area contributed by atoms with Gasteiger partial charge in [-0.2, -0.15) is 0 Å². The summed E-state index contributed by atoms with van der Waals surface area (Å²) < 4.78 is 2.06. The van der Waals surface area contributed by atoms with Crippen molar-refractivity contribution in [1.29, 1.82) is 0 Å². The van der Waals surface area contributed by atoms with Gasteiger partial charge in [0.2, 0.25) is 0 Å². The first-order valence-electron chi connectivity index (χ1n) is 6.62. The maximum absolute atomic E-state index is 6.23. The third-order valence-corrected chi connectivity index (χ3v) is 3.77. The number of nitrogens with two attached hydrogens (primary N) is 1. The monoisotopic (exact) mass is 241 g/mol. The second-order valence-corrected chi connectivity index (χ2v) is 5.05. The fraction of sp³-hybridized carbons (Fsp3) is 0.400. The Morgan fingerprint density at radius 1 is 1.33 bits per heavy atom. The summed E-state index contributed by atoms with van der Waals surface area (Å²) in [6, 6.07) is 8.40. The molecule has 0 spiro atoms. The molecule has 1 aliphatic rings. The molecule has 3 heteroatoms. The molecule has 0 saturated heterocycles. The summed E-state index contributed by atoms with van der Waals surface area (Å²) in [6.45, 7) is 2.17. The molecule has 1 fully saturated rings. The van der Waals surface area contributed by atoms with Gasteiger partial charge in [-0.25, -0.2) is 4.98 Å². The molecule has 0 aliphatic heterocycles. The zero-order valence-electron chi connectivity index (χ0n) is 11.0. The lowest BCUT2D eigenvalue weighted by Crippen LogP contribution is -2.00. The lowest BCUT2D eigenvalue weighted by Gasteiger charge is -2.06. The zero-order chi connectivity index (χ0) is 12.7. The Bertz CT molecular complexity index is 579. The van der Waals surface area contributed by atoms with Crippen molar-refractivity contribution in [3.63, 3.8) is 0 Å². The Morgan fingerprint density at radius 2 is 2.06 bits per heavy atom. The normalized spacial score (nSPS) is 15.0. The molecule has 1 aromatic heterocycles. The molecule has 94 valence electrons. The second-order valence-electron chi connectivity index (χ2n) is 5.05. The van der Waals surface area contributed by atoms with Crippen molar-refractivity contribution in [1.82, 2.24) is 9.55 Å². The molecule has 1 aliphatic carbocycles. The number of hydrogen-bond acceptors (Lipinski definition) is 2. The van der Waals surface area contributed by atoms with Crippen LogP contribution in [0.3, 0.4) is 0 Å². The lowest BCUT2D eigenvalue weighted by molar-refractivity contribution is 0.807. The molecule has 1 saturated carbocycles. The van der Waals surface area contributed by atoms with Gasteiger partial charge in [0.25, 0.3) is 0 Å². The third-order valence-electron chi connectivity index (χ3n) is 3.77. The van der Waals surface area contributed by atoms with Crippen LogP contribution in [0.15, 0.2) is 24.3 Å². The van der Waals surface area contributed by atoms with Crippen LogP contribution < -0.4 is 5.73 Å². The number of imidazole rings is 1. The van der Waals surface area contributed by atoms with E-state index in [0.29, 0.717) is 5.92 Å². The van der Waals surface area contributed by atoms with Gasteiger partial charge in [0.1, 0.15) is 17.3 Å². The Kier molecular flexibility index (Phi) is 2.62. The maximum Gasteiger partial charge on any atom is 0.131 e. The number of aromatic nitrogens is 2. The number of aryl methyl sites for hydroxylation is 1. The number of nitrogen functional groups attached to an aromatic ring is 1. The quantitative estimate of drug-likeness (QED) is 0.897. The van der Waals surface area contributed by atoms with E-state index in [1.54, 1.807) is 0 Å². The van der Waals surface area contributed by atoms with Gasteiger partial charge in [-0.05, 0) is 24.8 Å². The van der Waals surface area contributed by atoms with Gasteiger partial charge in [-0.3, -0.25) is 0 Å². The summed E-state index contributed by atoms with van der Waals surface area (Å²) in [7, 11) is 2.02. The van der Waals surface area contributed by atoms with Crippen molar-refractivity contribution in [3.8, 4) is 11.3 Å². The van der Waals surface area contributed by atoms with E-state index in [2.05, 4.69) is 35.8 Å². The molecule has 0 bridgehead atoms. The summed E-state index contributed by atoms with van der Waals surface area (Å²) >= 11 is 0. The van der Waals surface area contributed by atoms with Crippen LogP contribution in [-0.4, -0.2) is 9.55 Å². The highest BCUT2D eigenvalue weighted by atomic mass is 15.1. The molecule has 2 N–H and O–H groups in total. The summed E-state index contributed by atoms with van der Waals surface area (Å²) in [5.74, 6) is 2.56. The van der Waals surface area contributed by atoms with Crippen molar-refractivity contribution in [2.75, 3.05) is 5.73 Å². The zero-order valence-corrected chi connectivity index (χ0v) is 11.0. The van der Waals surface area contributed by atoms with Crippen molar-refractivity contribution >= 4 is 5.82 Å². The van der Waals surface area contributed by atoms with Crippen LogP contribution >= 0.6 is 0 Å². The van der Waals surface area contributed by atoms with E-state index in [1.807, 2.05) is 7.05 Å². The van der Waals surface area contributed by atoms with E-state index in [1.165, 1.54) is 24.0 Å². The summed E-state index contributed by atoms with van der Waals surface area (Å²) in [5, 5.41) is 0. The van der Waals surface area contributed by atoms with Crippen molar-refractivity contribution in [2.45, 2.75) is 32.1 Å². The smallest absolute Gasteiger partial charge is 0.131 e. The highest BCUT2D eigenvalue weighted by Gasteiger charge is 2.30. The third kappa shape index (κ3) is 1.70. The average molecular weight is 241 g/mol. The molecular weight excluding hydrogens is 222 g/mol. The predicted molar refractivity (Wildman–Crippen MR) is 74.4 cm³/mol. The van der Waals surface area contributed by atoms with Crippen LogP contribution in [-0.2, 0) is 13.5 Å². The molecule has 1 aromatic carbocycles. The van der Waals surface area contributed by atoms with Crippen LogP contribution in [0.2, 0.25) is 0 Å². The highest BCUT2D eigenvalue weighted by Crippen LogP contribution is 2.42. The van der Waals surface area contributed by atoms with E-state index in [0.717, 1.165) is 23.8 Å². The van der Waals surface area contributed by atoms with Crippen molar-refractivity contribution in [3.05, 3.63) is 35.7 Å². The fourth-order valence-electron chi connectivity index (χ4n) is 2.49. The highest BCUT2D eigenvalue weighted by molar-refractivity contribution is 5.74. The lowest BCUT2D eigenvalue weighted by atomic mass is 10.0. The number of rotatable bonds is 3. The fourth-order valence-corrected chi connectivity index (χ4v) is 2.49. The molecule has 18 heavy (non-hydrogen) atoms. The standard InChI is InChI=1S/C15H19N3/c1-3-10-6-4-5-7-12(10)13-14(16)18(2)15(17-13)11-8-9-11/h4-7,11H,3,8-9,16H2,1-2H3. The first kappa shape index (κ1) is 11.3. The molecule has 0 atom stereocenters. The largest absolute Gasteiger partial charge is 0.383 e. The first-order valence-corrected chi connectivity index (χ1v) is 6.62. The number of anilines is 1. The molecular formula is C15H19N3. The molecule has 3 nitrogen and oxygen atoms in total. The molecule has 0 unspecified atom stereocenters. The Hall–Kier alpha value is -1.77. The van der Waals surface area contributed by atoms with E-state index in [9.17, 15) is 0 Å². The molecule has 2 aromatic rings. The van der Waals surface area contributed by atoms with Crippen LogP contribution in [0, 0.1) is 0 Å². The minimum Gasteiger partial charge on any atom is -0.383 e. The van der Waals surface area contributed by atoms with Gasteiger partial charge in [-0.15, -0.1) is 0 Å². The maximum atomic E-state index is 6.23. The van der Waals surface area contributed by atoms with Crippen molar-refractivity contribution < 1.29 is 0 Å². The topological polar surface area (TPSA) is 43.8 Å². The average Bonchev–Trinajstić information content (AvgIpc) is 3.19. The first-order chi connectivity index (χ1) is 8.72. The van der Waals surface area contributed by atoms with E-state index < -0.39 is 0 Å². The number of benzene rings is 1. The molecule has 0 amide bonds. The Morgan fingerprint density at radius 3 is 2.72 bits per heavy atom. The van der Waals surface area contributed by atoms with Gasteiger partial charge >= 0.3 is 0 Å². The summed E-state index contributed by atoms with van der Waals surface area (Å²) in [5.41, 5.74) is 9.67. The predicted octanol–water partition coefficient (Wildman–Crippen LogP) is 3.11. The summed E-state index contributed by atoms with van der Waals surface area (Å²) in [4.78, 5) is 4.79. The van der Waals surface area contributed by atoms with Crippen LogP contribution in [0.25, 0.3) is 11.3 Å². The van der Waals surface area contributed by atoms with Crippen LogP contribution in [0.1, 0.15) is 37.1 Å². The molecule has 1 heterocycles. The summed E-state index contributed by atoms with van der Waals surface area (Å²) in [6.07, 6.45) is 3.50. The van der Waals surface area contributed by atoms with Gasteiger partial charge in [-0.1, -0.05) is 31.2 Å². The Balaban J connectivity index is 2.13. The molecule has 3 rings (SSSR count). The van der Waals surface area contributed by atoms with E-state index in [-0.39, 0.29) is 0 Å². The van der Waals surface area contributed by atoms with Crippen molar-refractivity contribution in [2.24, 2.45) is 7.05 Å². The van der Waals surface area contributed by atoms with Gasteiger partial charge < -0.3 is 10.3 Å². The number of nitrogens with zero attached hydrogens (tertiary/aromatic N) is 2. The van der Waals surface area contributed by atoms with Crippen LogP contribution in [0.4, 0.5) is 5.82 Å². The SMILES string of the molecule is CCc1ccccc1-c1nc(C2CC2)n(C)c1N. The number of hydrogen-bond donors (Lipinski definition) is 1. The van der Waals surface area contributed by atoms with Gasteiger partial charge in [0.05, 0.1) is 0 Å².